The predicted octanol–water partition coefficient (Wildman–Crippen LogP) is 2.62. The zero-order valence-corrected chi connectivity index (χ0v) is 12.9. The Hall–Kier alpha value is -2.59. The van der Waals surface area contributed by atoms with Crippen LogP contribution in [0.3, 0.4) is 0 Å². The molecule has 1 aliphatic heterocycles. The second-order valence-electron chi connectivity index (χ2n) is 5.73. The van der Waals surface area contributed by atoms with Crippen molar-refractivity contribution in [1.82, 2.24) is 4.90 Å². The van der Waals surface area contributed by atoms with Gasteiger partial charge in [0, 0.05) is 13.5 Å². The lowest BCUT2D eigenvalue weighted by Gasteiger charge is -2.20. The summed E-state index contributed by atoms with van der Waals surface area (Å²) in [5, 5.41) is 21.0. The Morgan fingerprint density at radius 1 is 1.04 bits per heavy atom. The van der Waals surface area contributed by atoms with E-state index < -0.39 is 12.1 Å². The fourth-order valence-electron chi connectivity index (χ4n) is 2.93. The van der Waals surface area contributed by atoms with E-state index in [9.17, 15) is 15.0 Å². The molecule has 2 atom stereocenters. The summed E-state index contributed by atoms with van der Waals surface area (Å²) in [6, 6.07) is 18.1. The summed E-state index contributed by atoms with van der Waals surface area (Å²) in [5.74, 6) is -0.377. The number of benzene rings is 2. The highest BCUT2D eigenvalue weighted by atomic mass is 16.3. The van der Waals surface area contributed by atoms with Crippen molar-refractivity contribution >= 4 is 5.91 Å². The molecule has 4 nitrogen and oxygen atoms in total. The van der Waals surface area contributed by atoms with E-state index in [-0.39, 0.29) is 17.2 Å². The Labute approximate surface area is 135 Å². The molecule has 3 rings (SSSR count). The van der Waals surface area contributed by atoms with Crippen LogP contribution in [-0.4, -0.2) is 34.1 Å². The summed E-state index contributed by atoms with van der Waals surface area (Å²) in [4.78, 5) is 14.0. The van der Waals surface area contributed by atoms with Crippen LogP contribution in [0.4, 0.5) is 0 Å². The van der Waals surface area contributed by atoms with E-state index in [2.05, 4.69) is 0 Å². The van der Waals surface area contributed by atoms with Gasteiger partial charge in [-0.25, -0.2) is 0 Å². The van der Waals surface area contributed by atoms with Crippen molar-refractivity contribution in [3.05, 3.63) is 83.1 Å². The SMILES string of the molecule is CN1C(=O)C([C@@H](O)c2ccccc2)=C(O)[C@@H]1Cc1ccccc1. The second kappa shape index (κ2) is 6.26. The van der Waals surface area contributed by atoms with Gasteiger partial charge in [-0.1, -0.05) is 60.7 Å². The van der Waals surface area contributed by atoms with Crippen molar-refractivity contribution in [1.29, 1.82) is 0 Å². The average molecular weight is 309 g/mol. The van der Waals surface area contributed by atoms with Crippen LogP contribution in [0.25, 0.3) is 0 Å². The van der Waals surface area contributed by atoms with Crippen LogP contribution in [0.2, 0.25) is 0 Å². The molecule has 0 spiro atoms. The van der Waals surface area contributed by atoms with Gasteiger partial charge in [0.05, 0.1) is 11.6 Å². The Morgan fingerprint density at radius 2 is 1.61 bits per heavy atom. The Bertz CT molecular complexity index is 725. The van der Waals surface area contributed by atoms with E-state index in [1.165, 1.54) is 4.90 Å². The maximum atomic E-state index is 12.5. The summed E-state index contributed by atoms with van der Waals surface area (Å²) >= 11 is 0. The van der Waals surface area contributed by atoms with Crippen LogP contribution < -0.4 is 0 Å². The van der Waals surface area contributed by atoms with Crippen molar-refractivity contribution in [2.24, 2.45) is 0 Å². The molecule has 2 N–H and O–H groups in total. The molecule has 0 aliphatic carbocycles. The van der Waals surface area contributed by atoms with Crippen LogP contribution in [-0.2, 0) is 11.2 Å². The summed E-state index contributed by atoms with van der Waals surface area (Å²) < 4.78 is 0. The first-order valence-electron chi connectivity index (χ1n) is 7.56. The number of amides is 1. The maximum Gasteiger partial charge on any atom is 0.256 e. The molecule has 4 heteroatoms. The Kier molecular flexibility index (Phi) is 4.17. The van der Waals surface area contributed by atoms with E-state index in [1.54, 1.807) is 31.3 Å². The number of aliphatic hydroxyl groups is 2. The van der Waals surface area contributed by atoms with Gasteiger partial charge in [-0.15, -0.1) is 0 Å². The minimum absolute atomic E-state index is 0.0438. The zero-order valence-electron chi connectivity index (χ0n) is 12.9. The fourth-order valence-corrected chi connectivity index (χ4v) is 2.93. The van der Waals surface area contributed by atoms with Gasteiger partial charge in [0.15, 0.2) is 0 Å². The van der Waals surface area contributed by atoms with Crippen LogP contribution in [0, 0.1) is 0 Å². The summed E-state index contributed by atoms with van der Waals surface area (Å²) in [6.45, 7) is 0. The van der Waals surface area contributed by atoms with Crippen LogP contribution >= 0.6 is 0 Å². The molecule has 0 unspecified atom stereocenters. The number of rotatable bonds is 4. The second-order valence-corrected chi connectivity index (χ2v) is 5.73. The Balaban J connectivity index is 1.91. The van der Waals surface area contributed by atoms with Crippen molar-refractivity contribution < 1.29 is 15.0 Å². The summed E-state index contributed by atoms with van der Waals surface area (Å²) in [6.07, 6.45) is -0.605. The normalized spacial score (nSPS) is 19.3. The molecule has 0 aromatic heterocycles. The number of carbonyl (C=O) groups excluding carboxylic acids is 1. The largest absolute Gasteiger partial charge is 0.509 e. The molecule has 0 saturated heterocycles. The number of likely N-dealkylation sites (N-methyl/N-ethyl adjacent to an activating group) is 1. The topological polar surface area (TPSA) is 60.8 Å². The zero-order chi connectivity index (χ0) is 16.4. The van der Waals surface area contributed by atoms with Crippen molar-refractivity contribution in [3.63, 3.8) is 0 Å². The van der Waals surface area contributed by atoms with Gasteiger partial charge < -0.3 is 15.1 Å². The first-order valence-corrected chi connectivity index (χ1v) is 7.56. The lowest BCUT2D eigenvalue weighted by molar-refractivity contribution is -0.126. The van der Waals surface area contributed by atoms with Gasteiger partial charge in [0.2, 0.25) is 0 Å². The lowest BCUT2D eigenvalue weighted by Crippen LogP contribution is -2.33. The minimum Gasteiger partial charge on any atom is -0.509 e. The van der Waals surface area contributed by atoms with Crippen molar-refractivity contribution in [2.75, 3.05) is 7.05 Å². The molecule has 2 aromatic carbocycles. The first kappa shape index (κ1) is 15.3. The van der Waals surface area contributed by atoms with Gasteiger partial charge in [-0.2, -0.15) is 0 Å². The van der Waals surface area contributed by atoms with E-state index in [0.29, 0.717) is 12.0 Å². The monoisotopic (exact) mass is 309 g/mol. The molecule has 0 radical (unpaired) electrons. The lowest BCUT2D eigenvalue weighted by atomic mass is 9.99. The smallest absolute Gasteiger partial charge is 0.256 e. The standard InChI is InChI=1S/C19H19NO3/c1-20-15(12-13-8-4-2-5-9-13)18(22)16(19(20)23)17(21)14-10-6-3-7-11-14/h2-11,15,17,21-22H,12H2,1H3/t15-,17-/m0/s1. The molecule has 0 saturated carbocycles. The minimum atomic E-state index is -1.12. The Morgan fingerprint density at radius 3 is 2.22 bits per heavy atom. The third-order valence-corrected chi connectivity index (χ3v) is 4.27. The molecule has 1 amide bonds. The number of carbonyl (C=O) groups is 1. The van der Waals surface area contributed by atoms with Gasteiger partial charge in [-0.3, -0.25) is 4.79 Å². The molecule has 0 fully saturated rings. The van der Waals surface area contributed by atoms with Gasteiger partial charge in [0.1, 0.15) is 11.9 Å². The summed E-state index contributed by atoms with van der Waals surface area (Å²) in [5.41, 5.74) is 1.69. The first-order chi connectivity index (χ1) is 11.1. The van der Waals surface area contributed by atoms with E-state index >= 15 is 0 Å². The molecular weight excluding hydrogens is 290 g/mol. The van der Waals surface area contributed by atoms with E-state index in [4.69, 9.17) is 0 Å². The van der Waals surface area contributed by atoms with Crippen LogP contribution in [0.15, 0.2) is 72.0 Å². The molecule has 23 heavy (non-hydrogen) atoms. The van der Waals surface area contributed by atoms with E-state index in [0.717, 1.165) is 5.56 Å². The van der Waals surface area contributed by atoms with E-state index in [1.807, 2.05) is 36.4 Å². The number of aliphatic hydroxyl groups excluding tert-OH is 2. The highest BCUT2D eigenvalue weighted by molar-refractivity contribution is 5.98. The van der Waals surface area contributed by atoms with Gasteiger partial charge in [0.25, 0.3) is 5.91 Å². The molecule has 118 valence electrons. The van der Waals surface area contributed by atoms with Crippen molar-refractivity contribution in [3.8, 4) is 0 Å². The predicted molar refractivity (Wildman–Crippen MR) is 87.8 cm³/mol. The van der Waals surface area contributed by atoms with Crippen molar-refractivity contribution in [2.45, 2.75) is 18.6 Å². The van der Waals surface area contributed by atoms with Gasteiger partial charge >= 0.3 is 0 Å². The number of hydrogen-bond acceptors (Lipinski definition) is 3. The molecule has 0 bridgehead atoms. The molecule has 1 heterocycles. The van der Waals surface area contributed by atoms with Crippen LogP contribution in [0.5, 0.6) is 0 Å². The van der Waals surface area contributed by atoms with Crippen LogP contribution in [0.1, 0.15) is 17.2 Å². The summed E-state index contributed by atoms with van der Waals surface area (Å²) in [7, 11) is 1.65. The highest BCUT2D eigenvalue weighted by Crippen LogP contribution is 2.33. The average Bonchev–Trinajstić information content (AvgIpc) is 2.80. The molecule has 1 aliphatic rings. The van der Waals surface area contributed by atoms with Gasteiger partial charge in [-0.05, 0) is 11.1 Å². The fraction of sp³-hybridized carbons (Fsp3) is 0.211. The molecule has 2 aromatic rings. The molecular formula is C19H19NO3. The maximum absolute atomic E-state index is 12.5. The quantitative estimate of drug-likeness (QED) is 0.912. The highest BCUT2D eigenvalue weighted by Gasteiger charge is 2.40. The number of hydrogen-bond donors (Lipinski definition) is 2. The number of nitrogens with zero attached hydrogens (tertiary/aromatic N) is 1. The third-order valence-electron chi connectivity index (χ3n) is 4.27. The third kappa shape index (κ3) is 2.85.